The first-order chi connectivity index (χ1) is 21.3. The molecule has 3 aromatic heterocycles. The van der Waals surface area contributed by atoms with Crippen LogP contribution >= 0.6 is 25.8 Å². The van der Waals surface area contributed by atoms with E-state index in [-0.39, 0.29) is 22.9 Å². The van der Waals surface area contributed by atoms with Gasteiger partial charge in [-0.1, -0.05) is 12.2 Å². The second kappa shape index (κ2) is 11.5. The summed E-state index contributed by atoms with van der Waals surface area (Å²) in [5, 5.41) is 0. The number of alkyl halides is 2. The summed E-state index contributed by atoms with van der Waals surface area (Å²) >= 11 is 9.14. The summed E-state index contributed by atoms with van der Waals surface area (Å²) < 4.78 is 81.4. The number of thiol groups is 1. The summed E-state index contributed by atoms with van der Waals surface area (Å²) in [6.45, 7) is -10.1. The number of hydrogen-bond donors (Lipinski definition) is 5. The van der Waals surface area contributed by atoms with E-state index in [9.17, 15) is 14.3 Å². The number of hydrogen-bond acceptors (Lipinski definition) is 15. The van der Waals surface area contributed by atoms with Crippen LogP contribution in [0.15, 0.2) is 22.4 Å². The highest BCUT2D eigenvalue weighted by atomic mass is 32.7. The van der Waals surface area contributed by atoms with E-state index in [1.807, 2.05) is 0 Å². The van der Waals surface area contributed by atoms with E-state index in [4.69, 9.17) is 50.8 Å². The Labute approximate surface area is 261 Å². The molecule has 3 fully saturated rings. The average Bonchev–Trinajstić information content (AvgIpc) is 3.72. The molecule has 7 heterocycles. The lowest BCUT2D eigenvalue weighted by atomic mass is 10.1. The first kappa shape index (κ1) is 31.4. The number of nitrogen functional groups attached to an aromatic ring is 1. The van der Waals surface area contributed by atoms with E-state index in [0.717, 1.165) is 10.9 Å². The predicted molar refractivity (Wildman–Crippen MR) is 157 cm³/mol. The number of nitrogens with two attached hydrogens (primary N) is 2. The number of fused-ring (bicyclic) bond motifs is 5. The molecule has 4 aliphatic heterocycles. The van der Waals surface area contributed by atoms with Gasteiger partial charge in [-0.15, -0.1) is 0 Å². The molecule has 2 bridgehead atoms. The normalized spacial score (nSPS) is 40.4. The maximum atomic E-state index is 16.0. The Morgan fingerprint density at radius 3 is 2.60 bits per heavy atom. The molecule has 0 aromatic carbocycles. The highest BCUT2D eigenvalue weighted by Crippen LogP contribution is 2.59. The van der Waals surface area contributed by atoms with Crippen LogP contribution in [0.25, 0.3) is 11.2 Å². The summed E-state index contributed by atoms with van der Waals surface area (Å²) in [5.74, 6) is 0.00400. The van der Waals surface area contributed by atoms with Crippen LogP contribution in [0, 0.1) is 0 Å². The summed E-state index contributed by atoms with van der Waals surface area (Å²) in [6.07, 6.45) is -8.69. The number of nitrogens with zero attached hydrogens (tertiary/aromatic N) is 6. The van der Waals surface area contributed by atoms with Crippen molar-refractivity contribution in [1.82, 2.24) is 29.1 Å². The zero-order chi connectivity index (χ0) is 31.8. The number of imidazole rings is 2. The van der Waals surface area contributed by atoms with Crippen LogP contribution in [-0.2, 0) is 43.9 Å². The van der Waals surface area contributed by atoms with Gasteiger partial charge in [0.1, 0.15) is 30.1 Å². The molecule has 3 saturated heterocycles. The van der Waals surface area contributed by atoms with Gasteiger partial charge in [0.05, 0.1) is 31.9 Å². The largest absolute Gasteiger partial charge is 0.386 e. The molecule has 6 N–H and O–H groups in total. The van der Waals surface area contributed by atoms with Crippen molar-refractivity contribution in [3.8, 4) is 0 Å². The topological polar surface area (TPSA) is 238 Å². The third kappa shape index (κ3) is 5.70. The Morgan fingerprint density at radius 2 is 1.80 bits per heavy atom. The molecular formula is C21H25F2N9O9P2S2. The van der Waals surface area contributed by atoms with E-state index in [1.165, 1.54) is 10.9 Å². The number of anilines is 1. The predicted octanol–water partition coefficient (Wildman–Crippen LogP) is 1.25. The fourth-order valence-corrected chi connectivity index (χ4v) is 8.38. The van der Waals surface area contributed by atoms with Gasteiger partial charge in [-0.3, -0.25) is 32.5 Å². The van der Waals surface area contributed by atoms with Gasteiger partial charge >= 0.3 is 13.5 Å². The molecule has 11 atom stereocenters. The van der Waals surface area contributed by atoms with Crippen molar-refractivity contribution in [2.45, 2.75) is 61.7 Å². The van der Waals surface area contributed by atoms with E-state index < -0.39 is 87.5 Å². The Kier molecular flexibility index (Phi) is 8.02. The summed E-state index contributed by atoms with van der Waals surface area (Å²) in [7, 11) is 0. The molecule has 3 aromatic rings. The number of halogens is 2. The summed E-state index contributed by atoms with van der Waals surface area (Å²) in [6, 6.07) is -0.464. The Balaban J connectivity index is 1.20. The number of H-pyrrole nitrogens is 1. The van der Waals surface area contributed by atoms with Crippen molar-refractivity contribution in [3.63, 3.8) is 0 Å². The Bertz CT molecular complexity index is 1830. The fraction of sp³-hybridized carbons (Fsp3) is 0.571. The second-order valence-electron chi connectivity index (χ2n) is 10.5. The zero-order valence-electron chi connectivity index (χ0n) is 22.6. The maximum absolute atomic E-state index is 16.0. The van der Waals surface area contributed by atoms with Gasteiger partial charge in [0, 0.05) is 12.6 Å². The number of aromatic amines is 1. The lowest BCUT2D eigenvalue weighted by Gasteiger charge is -2.26. The van der Waals surface area contributed by atoms with Gasteiger partial charge < -0.3 is 30.4 Å². The van der Waals surface area contributed by atoms with E-state index in [0.29, 0.717) is 12.1 Å². The van der Waals surface area contributed by atoms with Crippen molar-refractivity contribution >= 4 is 66.7 Å². The van der Waals surface area contributed by atoms with Crippen LogP contribution in [0.3, 0.4) is 0 Å². The van der Waals surface area contributed by atoms with Crippen molar-refractivity contribution < 1.29 is 45.8 Å². The smallest absolute Gasteiger partial charge is 0.369 e. The van der Waals surface area contributed by atoms with Crippen LogP contribution in [0.5, 0.6) is 0 Å². The lowest BCUT2D eigenvalue weighted by molar-refractivity contribution is -0.0581. The SMILES string of the molecule is Nc1nc2c(ncn2[C@@H]2O[C@@H]3COP(O)(=S)O[C@H]4[C@H](F)[C@H](n5cnc6c5N=CCC6N)O[C@@H]4COP(=O)(S)O[C@@H]2[C@H]3F)c(=O)[nH]1. The molecule has 0 aliphatic carbocycles. The lowest BCUT2D eigenvalue weighted by Crippen LogP contribution is -2.34. The highest BCUT2D eigenvalue weighted by molar-refractivity contribution is 8.44. The van der Waals surface area contributed by atoms with Crippen molar-refractivity contribution in [2.24, 2.45) is 10.7 Å². The third-order valence-corrected chi connectivity index (χ3v) is 10.7. The average molecular weight is 712 g/mol. The molecule has 4 aliphatic rings. The molecule has 3 unspecified atom stereocenters. The molecular weight excluding hydrogens is 686 g/mol. The summed E-state index contributed by atoms with van der Waals surface area (Å²) in [4.78, 5) is 42.0. The number of ether oxygens (including phenoxy) is 2. The molecule has 0 saturated carbocycles. The molecule has 244 valence electrons. The van der Waals surface area contributed by atoms with Crippen LogP contribution in [0.2, 0.25) is 0 Å². The molecule has 0 spiro atoms. The third-order valence-electron chi connectivity index (χ3n) is 7.56. The van der Waals surface area contributed by atoms with E-state index >= 15 is 8.78 Å². The van der Waals surface area contributed by atoms with Crippen molar-refractivity contribution in [2.75, 3.05) is 18.9 Å². The quantitative estimate of drug-likeness (QED) is 0.186. The van der Waals surface area contributed by atoms with Gasteiger partial charge in [0.15, 0.2) is 41.8 Å². The Morgan fingerprint density at radius 1 is 1.07 bits per heavy atom. The maximum Gasteiger partial charge on any atom is 0.386 e. The molecule has 24 heteroatoms. The number of rotatable bonds is 2. The first-order valence-electron chi connectivity index (χ1n) is 13.3. The fourth-order valence-electron chi connectivity index (χ4n) is 5.49. The van der Waals surface area contributed by atoms with Gasteiger partial charge in [-0.25, -0.2) is 28.3 Å². The minimum absolute atomic E-state index is 0.0931. The molecule has 0 amide bonds. The molecule has 45 heavy (non-hydrogen) atoms. The molecule has 18 nitrogen and oxygen atoms in total. The zero-order valence-corrected chi connectivity index (χ0v) is 26.1. The molecule has 0 radical (unpaired) electrons. The van der Waals surface area contributed by atoms with Gasteiger partial charge in [-0.2, -0.15) is 4.98 Å². The van der Waals surface area contributed by atoms with Gasteiger partial charge in [0.25, 0.3) is 5.56 Å². The highest BCUT2D eigenvalue weighted by Gasteiger charge is 2.54. The number of nitrogens with one attached hydrogen (secondary N) is 1. The Hall–Kier alpha value is -2.20. The van der Waals surface area contributed by atoms with Crippen molar-refractivity contribution in [1.29, 1.82) is 0 Å². The number of aliphatic imine (C=N–C) groups is 1. The monoisotopic (exact) mass is 711 g/mol. The number of aromatic nitrogens is 6. The minimum Gasteiger partial charge on any atom is -0.369 e. The standard InChI is InChI=1S/C21H25F2N9O9P2S2/c22-10-8-3-36-42(34,44)40-14-9(39-19(11(14)23)31-5-27-12-7(24)1-2-26-16(12)31)4-37-43(35,45)41-15(10)20(38-8)32-6-28-13-17(32)29-21(25)30-18(13)33/h2,5-11,14-15,19-20H,1,3-4,24H2,(H,34,44)(H,35,45)(H3,25,29,30,33)/t7?,8-,9-,10+,11+,14-,15-,19-,20-,42?,43?/m1/s1. The van der Waals surface area contributed by atoms with E-state index in [1.54, 1.807) is 6.21 Å². The van der Waals surface area contributed by atoms with E-state index in [2.05, 4.69) is 37.2 Å². The first-order valence-corrected chi connectivity index (χ1v) is 18.6. The van der Waals surface area contributed by atoms with Gasteiger partial charge in [-0.05, 0) is 11.8 Å². The summed E-state index contributed by atoms with van der Waals surface area (Å²) in [5.41, 5.74) is 11.3. The van der Waals surface area contributed by atoms with Crippen LogP contribution in [-0.4, -0.2) is 90.2 Å². The second-order valence-corrected chi connectivity index (χ2v) is 16.1. The minimum atomic E-state index is -4.47. The van der Waals surface area contributed by atoms with Crippen LogP contribution in [0.4, 0.5) is 20.5 Å². The van der Waals surface area contributed by atoms with Gasteiger partial charge in [0.2, 0.25) is 5.95 Å². The van der Waals surface area contributed by atoms with Crippen LogP contribution < -0.4 is 17.0 Å². The van der Waals surface area contributed by atoms with Crippen molar-refractivity contribution in [3.05, 3.63) is 28.7 Å². The molecule has 7 rings (SSSR count). The van der Waals surface area contributed by atoms with Crippen LogP contribution in [0.1, 0.15) is 30.6 Å².